The number of fused-ring (bicyclic) bond motifs is 1. The molecule has 6 aromatic carbocycles. The Bertz CT molecular complexity index is 3200. The van der Waals surface area contributed by atoms with E-state index in [4.69, 9.17) is 39.8 Å². The first-order valence-corrected chi connectivity index (χ1v) is 24.4. The number of esters is 1. The molecule has 75 heavy (non-hydrogen) atoms. The second-order valence-corrected chi connectivity index (χ2v) is 19.1. The van der Waals surface area contributed by atoms with Crippen molar-refractivity contribution in [2.45, 2.75) is 74.8 Å². The third-order valence-electron chi connectivity index (χ3n) is 13.2. The van der Waals surface area contributed by atoms with Gasteiger partial charge in [-0.15, -0.1) is 6.42 Å². The van der Waals surface area contributed by atoms with Crippen molar-refractivity contribution in [2.75, 3.05) is 26.1 Å². The molecule has 9 rings (SSSR count). The third kappa shape index (κ3) is 10.4. The van der Waals surface area contributed by atoms with E-state index in [-0.39, 0.29) is 23.4 Å². The molecule has 1 aliphatic heterocycles. The van der Waals surface area contributed by atoms with Crippen LogP contribution in [0.25, 0.3) is 11.2 Å². The van der Waals surface area contributed by atoms with E-state index >= 15 is 4.39 Å². The molecule has 1 fully saturated rings. The highest BCUT2D eigenvalue weighted by molar-refractivity contribution is 5.84. The number of alkyl carbamates (subject to hydrolysis) is 1. The summed E-state index contributed by atoms with van der Waals surface area (Å²) >= 11 is 0. The number of hydrogen-bond donors (Lipinski definition) is 2. The number of anilines is 1. The number of halogens is 1. The van der Waals surface area contributed by atoms with E-state index in [1.165, 1.54) is 13.3 Å². The minimum absolute atomic E-state index is 0.00863. The predicted molar refractivity (Wildman–Crippen MR) is 281 cm³/mol. The average molecular weight is 1010 g/mol. The van der Waals surface area contributed by atoms with Crippen LogP contribution in [-0.2, 0) is 34.9 Å². The zero-order valence-electron chi connectivity index (χ0n) is 42.4. The second-order valence-electron chi connectivity index (χ2n) is 19.1. The van der Waals surface area contributed by atoms with Crippen LogP contribution in [0.1, 0.15) is 73.7 Å². The van der Waals surface area contributed by atoms with Gasteiger partial charge in [-0.05, 0) is 85.3 Å². The Hall–Kier alpha value is -8.58. The molecule has 14 nitrogen and oxygen atoms in total. The Balaban J connectivity index is 1.17. The molecule has 0 radical (unpaired) electrons. The fraction of sp³-hybridized carbons (Fsp3) is 0.250. The normalized spacial score (nSPS) is 17.1. The van der Waals surface area contributed by atoms with Gasteiger partial charge in [0, 0.05) is 6.42 Å². The second kappa shape index (κ2) is 21.5. The molecule has 1 saturated heterocycles. The summed E-state index contributed by atoms with van der Waals surface area (Å²) in [6.07, 6.45) is 4.10. The van der Waals surface area contributed by atoms with Gasteiger partial charge in [0.1, 0.15) is 53.2 Å². The lowest BCUT2D eigenvalue weighted by Gasteiger charge is -2.41. The highest BCUT2D eigenvalue weighted by atomic mass is 19.1. The van der Waals surface area contributed by atoms with Crippen LogP contribution in [0.5, 0.6) is 11.5 Å². The molecule has 2 N–H and O–H groups in total. The van der Waals surface area contributed by atoms with Gasteiger partial charge >= 0.3 is 18.1 Å². The zero-order valence-corrected chi connectivity index (χ0v) is 42.4. The lowest BCUT2D eigenvalue weighted by Crippen LogP contribution is -2.50. The number of rotatable bonds is 17. The van der Waals surface area contributed by atoms with E-state index in [1.54, 1.807) is 39.6 Å². The molecule has 8 aromatic rings. The topological polar surface area (TPSA) is 157 Å². The number of methoxy groups -OCH3 is 2. The number of ether oxygens (including phenoxy) is 6. The lowest BCUT2D eigenvalue weighted by molar-refractivity contribution is -0.166. The van der Waals surface area contributed by atoms with Crippen molar-refractivity contribution in [3.05, 3.63) is 216 Å². The van der Waals surface area contributed by atoms with E-state index in [0.29, 0.717) is 11.5 Å². The fourth-order valence-corrected chi connectivity index (χ4v) is 9.58. The fourth-order valence-electron chi connectivity index (χ4n) is 9.58. The number of nitrogens with zero attached hydrogens (tertiary/aromatic N) is 4. The van der Waals surface area contributed by atoms with Gasteiger partial charge in [0.25, 0.3) is 0 Å². The van der Waals surface area contributed by atoms with E-state index < -0.39 is 65.5 Å². The molecule has 2 aromatic heterocycles. The summed E-state index contributed by atoms with van der Waals surface area (Å²) in [6, 6.07) is 52.9. The summed E-state index contributed by atoms with van der Waals surface area (Å²) in [7, 11) is 3.19. The van der Waals surface area contributed by atoms with Gasteiger partial charge in [-0.1, -0.05) is 152 Å². The molecule has 1 amide bonds. The largest absolute Gasteiger partial charge is 0.497 e. The van der Waals surface area contributed by atoms with E-state index in [9.17, 15) is 9.59 Å². The molecule has 1 aliphatic rings. The van der Waals surface area contributed by atoms with Crippen LogP contribution in [0.2, 0.25) is 0 Å². The number of terminal acetylenes is 1. The number of carbonyl (C=O) groups excluding carboxylic acids is 2. The van der Waals surface area contributed by atoms with Crippen LogP contribution in [0.3, 0.4) is 0 Å². The van der Waals surface area contributed by atoms with Crippen LogP contribution in [-0.4, -0.2) is 75.8 Å². The van der Waals surface area contributed by atoms with Crippen molar-refractivity contribution in [2.24, 2.45) is 0 Å². The van der Waals surface area contributed by atoms with E-state index in [0.717, 1.165) is 33.4 Å². The van der Waals surface area contributed by atoms with Crippen molar-refractivity contribution in [1.82, 2.24) is 24.8 Å². The van der Waals surface area contributed by atoms with Crippen LogP contribution in [0.15, 0.2) is 176 Å². The predicted octanol–water partition coefficient (Wildman–Crippen LogP) is 10.5. The number of benzene rings is 6. The van der Waals surface area contributed by atoms with Gasteiger partial charge in [0.05, 0.1) is 20.5 Å². The molecule has 15 heteroatoms. The maximum Gasteiger partial charge on any atom is 0.408 e. The standard InChI is InChI=1S/C60H57FN6O8/c1-8-58(38-72-54(68)40(2)63-56(69)75-57(3,4)5)49(73-60(44-25-17-11-18-26-44,45-27-19-12-20-28-45)46-31-35-48(71-7)36-32-46)37-50(74-58)67-39-62-51-52(64-55(61)65-53(51)67)66-59(41-21-13-9-14-22-41,42-23-15-10-16-24-42)43-29-33-47(70-6)34-30-43/h1,9-36,39-40,49-50H,37-38H2,2-7H3,(H,63,69)(H,64,65,66)/t40-,49-,50+,58+/m0/s1. The van der Waals surface area contributed by atoms with Crippen molar-refractivity contribution in [3.63, 3.8) is 0 Å². The monoisotopic (exact) mass is 1010 g/mol. The molecule has 0 unspecified atom stereocenters. The molecular formula is C60H57FN6O8. The molecule has 0 bridgehead atoms. The summed E-state index contributed by atoms with van der Waals surface area (Å²) in [5, 5.41) is 6.19. The minimum Gasteiger partial charge on any atom is -0.497 e. The minimum atomic E-state index is -1.83. The molecule has 0 saturated carbocycles. The average Bonchev–Trinajstić information content (AvgIpc) is 4.07. The number of amides is 1. The van der Waals surface area contributed by atoms with Gasteiger partial charge in [0.15, 0.2) is 22.6 Å². The maximum atomic E-state index is 16.4. The number of imidazole rings is 1. The number of carbonyl (C=O) groups is 2. The Labute approximate surface area is 435 Å². The van der Waals surface area contributed by atoms with Crippen LogP contribution in [0.4, 0.5) is 15.0 Å². The smallest absolute Gasteiger partial charge is 0.408 e. The quantitative estimate of drug-likeness (QED) is 0.0386. The molecular weight excluding hydrogens is 952 g/mol. The summed E-state index contributed by atoms with van der Waals surface area (Å²) in [4.78, 5) is 40.2. The van der Waals surface area contributed by atoms with Gasteiger partial charge in [-0.3, -0.25) is 4.57 Å². The van der Waals surface area contributed by atoms with E-state index in [2.05, 4.69) is 26.5 Å². The molecule has 3 heterocycles. The molecule has 0 aliphatic carbocycles. The van der Waals surface area contributed by atoms with Crippen molar-refractivity contribution in [1.29, 1.82) is 0 Å². The maximum absolute atomic E-state index is 16.4. The Morgan fingerprint density at radius 3 is 1.72 bits per heavy atom. The lowest BCUT2D eigenvalue weighted by atomic mass is 9.77. The number of nitrogens with one attached hydrogen (secondary N) is 2. The Kier molecular flexibility index (Phi) is 14.7. The van der Waals surface area contributed by atoms with Gasteiger partial charge in [0.2, 0.25) is 0 Å². The molecule has 0 spiro atoms. The van der Waals surface area contributed by atoms with Crippen molar-refractivity contribution < 1.29 is 42.4 Å². The SMILES string of the molecule is C#C[C@]1(COC(=O)[C@H](C)NC(=O)OC(C)(C)C)O[C@@H](n2cnc3c(NC(c4ccccc4)(c4ccccc4)c4ccc(OC)cc4)nc(F)nc32)C[C@@H]1OC(c1ccccc1)(c1ccccc1)c1ccc(OC)cc1. The van der Waals surface area contributed by atoms with Crippen molar-refractivity contribution >= 4 is 29.0 Å². The first-order valence-electron chi connectivity index (χ1n) is 24.4. The van der Waals surface area contributed by atoms with Gasteiger partial charge in [-0.2, -0.15) is 14.4 Å². The van der Waals surface area contributed by atoms with Crippen LogP contribution < -0.4 is 20.1 Å². The number of hydrogen-bond acceptors (Lipinski definition) is 12. The first kappa shape index (κ1) is 51.3. The van der Waals surface area contributed by atoms with Crippen LogP contribution >= 0.6 is 0 Å². The number of aromatic nitrogens is 4. The Morgan fingerprint density at radius 2 is 1.23 bits per heavy atom. The molecule has 382 valence electrons. The first-order chi connectivity index (χ1) is 36.2. The van der Waals surface area contributed by atoms with Gasteiger partial charge in [-0.25, -0.2) is 14.6 Å². The highest BCUT2D eigenvalue weighted by Gasteiger charge is 2.55. The van der Waals surface area contributed by atoms with E-state index in [1.807, 2.05) is 170 Å². The summed E-state index contributed by atoms with van der Waals surface area (Å²) < 4.78 is 55.1. The summed E-state index contributed by atoms with van der Waals surface area (Å²) in [5.74, 6) is 3.37. The molecule has 4 atom stereocenters. The summed E-state index contributed by atoms with van der Waals surface area (Å²) in [6.45, 7) is 6.07. The third-order valence-corrected chi connectivity index (χ3v) is 13.2. The Morgan fingerprint density at radius 1 is 0.747 bits per heavy atom. The van der Waals surface area contributed by atoms with Gasteiger partial charge < -0.3 is 39.1 Å². The zero-order chi connectivity index (χ0) is 52.8. The van der Waals surface area contributed by atoms with Crippen LogP contribution in [0, 0.1) is 18.4 Å². The summed E-state index contributed by atoms with van der Waals surface area (Å²) in [5.41, 5.74) is -0.228. The highest BCUT2D eigenvalue weighted by Crippen LogP contribution is 2.49. The van der Waals surface area contributed by atoms with Crippen molar-refractivity contribution in [3.8, 4) is 23.8 Å².